The molecule has 11 heteroatoms. The van der Waals surface area contributed by atoms with Crippen LogP contribution in [-0.2, 0) is 16.7 Å². The molecule has 2 aromatic rings. The molecule has 2 rings (SSSR count). The average molecular weight is 363 g/mol. The van der Waals surface area contributed by atoms with Gasteiger partial charge in [0, 0.05) is 24.5 Å². The number of tetrazole rings is 1. The van der Waals surface area contributed by atoms with Crippen molar-refractivity contribution >= 4 is 21.4 Å². The Labute approximate surface area is 144 Å². The van der Waals surface area contributed by atoms with E-state index in [1.807, 2.05) is 19.9 Å². The molecule has 4 N–H and O–H groups in total. The summed E-state index contributed by atoms with van der Waals surface area (Å²) >= 11 is 0. The van der Waals surface area contributed by atoms with Gasteiger partial charge in [-0.2, -0.15) is 18.9 Å². The highest BCUT2D eigenvalue weighted by Gasteiger charge is 2.16. The minimum absolute atomic E-state index is 0.0998. The topological polar surface area (TPSA) is 157 Å². The number of benzene rings is 1. The normalized spacial score (nSPS) is 12.2. The summed E-state index contributed by atoms with van der Waals surface area (Å²) in [5.41, 5.74) is 0.911. The predicted molar refractivity (Wildman–Crippen MR) is 89.6 cm³/mol. The van der Waals surface area contributed by atoms with E-state index in [1.54, 1.807) is 12.1 Å². The van der Waals surface area contributed by atoms with Gasteiger partial charge < -0.3 is 10.6 Å². The lowest BCUT2D eigenvalue weighted by Gasteiger charge is -2.12. The SMILES string of the molecule is CC(C)NCc1ccc(NC=C(C#N)c2nn[nH]n2)cc1S(=O)(=O)O. The maximum Gasteiger partial charge on any atom is 0.294 e. The van der Waals surface area contributed by atoms with Crippen LogP contribution in [0.15, 0.2) is 29.3 Å². The highest BCUT2D eigenvalue weighted by Crippen LogP contribution is 2.21. The maximum atomic E-state index is 11.6. The Bertz CT molecular complexity index is 899. The van der Waals surface area contributed by atoms with E-state index in [-0.39, 0.29) is 28.9 Å². The zero-order chi connectivity index (χ0) is 18.4. The number of nitrogens with zero attached hydrogens (tertiary/aromatic N) is 4. The minimum Gasteiger partial charge on any atom is -0.360 e. The summed E-state index contributed by atoms with van der Waals surface area (Å²) in [5, 5.41) is 28.0. The van der Waals surface area contributed by atoms with Crippen LogP contribution in [0.5, 0.6) is 0 Å². The molecule has 0 fully saturated rings. The molecule has 1 heterocycles. The van der Waals surface area contributed by atoms with Crippen molar-refractivity contribution in [3.05, 3.63) is 35.8 Å². The van der Waals surface area contributed by atoms with Crippen LogP contribution in [0.25, 0.3) is 5.57 Å². The summed E-state index contributed by atoms with van der Waals surface area (Å²) in [7, 11) is -4.40. The fraction of sp³-hybridized carbons (Fsp3) is 0.286. The standard InChI is InChI=1S/C14H17N7O3S/c1-9(2)16-7-10-3-4-12(5-13(10)25(22,23)24)17-8-11(6-15)14-18-20-21-19-14/h3-5,8-9,16-17H,7H2,1-2H3,(H,22,23,24)(H,18,19,20,21). The molecule has 0 unspecified atom stereocenters. The van der Waals surface area contributed by atoms with Gasteiger partial charge in [0.1, 0.15) is 16.5 Å². The molecule has 0 aliphatic heterocycles. The molecule has 0 saturated heterocycles. The van der Waals surface area contributed by atoms with Gasteiger partial charge in [-0.15, -0.1) is 10.2 Å². The second kappa shape index (κ2) is 7.84. The molecule has 132 valence electrons. The third-order valence-electron chi connectivity index (χ3n) is 3.14. The lowest BCUT2D eigenvalue weighted by Crippen LogP contribution is -2.23. The van der Waals surface area contributed by atoms with Crippen LogP contribution >= 0.6 is 0 Å². The fourth-order valence-electron chi connectivity index (χ4n) is 1.92. The second-order valence-electron chi connectivity index (χ2n) is 5.38. The smallest absolute Gasteiger partial charge is 0.294 e. The molecule has 0 radical (unpaired) electrons. The molecular weight excluding hydrogens is 346 g/mol. The number of nitrogens with one attached hydrogen (secondary N) is 3. The van der Waals surface area contributed by atoms with Crippen molar-refractivity contribution in [2.45, 2.75) is 31.3 Å². The Morgan fingerprint density at radius 3 is 2.80 bits per heavy atom. The number of nitriles is 1. The van der Waals surface area contributed by atoms with Gasteiger partial charge in [0.05, 0.1) is 0 Å². The van der Waals surface area contributed by atoms with E-state index in [9.17, 15) is 13.0 Å². The second-order valence-corrected chi connectivity index (χ2v) is 6.77. The van der Waals surface area contributed by atoms with Gasteiger partial charge in [-0.25, -0.2) is 0 Å². The fourth-order valence-corrected chi connectivity index (χ4v) is 2.67. The van der Waals surface area contributed by atoms with Gasteiger partial charge in [0.2, 0.25) is 5.82 Å². The molecule has 0 saturated carbocycles. The van der Waals surface area contributed by atoms with Gasteiger partial charge in [0.15, 0.2) is 0 Å². The van der Waals surface area contributed by atoms with Crippen molar-refractivity contribution in [2.24, 2.45) is 0 Å². The molecule has 1 aromatic heterocycles. The molecule has 0 amide bonds. The highest BCUT2D eigenvalue weighted by molar-refractivity contribution is 7.85. The van der Waals surface area contributed by atoms with Crippen LogP contribution in [0, 0.1) is 11.3 Å². The van der Waals surface area contributed by atoms with Crippen LogP contribution in [-0.4, -0.2) is 39.6 Å². The van der Waals surface area contributed by atoms with E-state index in [0.717, 1.165) is 0 Å². The number of aromatic amines is 1. The van der Waals surface area contributed by atoms with E-state index >= 15 is 0 Å². The quantitative estimate of drug-likeness (QED) is 0.415. The average Bonchev–Trinajstić information content (AvgIpc) is 3.07. The Morgan fingerprint density at radius 2 is 2.24 bits per heavy atom. The number of hydrogen-bond acceptors (Lipinski definition) is 8. The van der Waals surface area contributed by atoms with E-state index in [2.05, 4.69) is 31.3 Å². The Morgan fingerprint density at radius 1 is 1.48 bits per heavy atom. The van der Waals surface area contributed by atoms with Gasteiger partial charge in [-0.1, -0.05) is 19.9 Å². The first-order valence-corrected chi connectivity index (χ1v) is 8.69. The van der Waals surface area contributed by atoms with Crippen LogP contribution < -0.4 is 10.6 Å². The van der Waals surface area contributed by atoms with Gasteiger partial charge in [0.25, 0.3) is 10.1 Å². The Kier molecular flexibility index (Phi) is 5.81. The molecule has 0 bridgehead atoms. The summed E-state index contributed by atoms with van der Waals surface area (Å²) in [6.07, 6.45) is 1.32. The number of H-pyrrole nitrogens is 1. The van der Waals surface area contributed by atoms with Crippen LogP contribution in [0.1, 0.15) is 25.2 Å². The molecule has 0 aliphatic rings. The third kappa shape index (κ3) is 5.08. The first-order chi connectivity index (χ1) is 11.8. The lowest BCUT2D eigenvalue weighted by molar-refractivity contribution is 0.480. The molecule has 0 aliphatic carbocycles. The molecule has 0 spiro atoms. The van der Waals surface area contributed by atoms with Crippen molar-refractivity contribution in [3.63, 3.8) is 0 Å². The van der Waals surface area contributed by atoms with Crippen LogP contribution in [0.2, 0.25) is 0 Å². The van der Waals surface area contributed by atoms with Crippen molar-refractivity contribution < 1.29 is 13.0 Å². The minimum atomic E-state index is -4.40. The Hall–Kier alpha value is -2.81. The van der Waals surface area contributed by atoms with Crippen LogP contribution in [0.4, 0.5) is 5.69 Å². The van der Waals surface area contributed by atoms with Crippen molar-refractivity contribution in [2.75, 3.05) is 5.32 Å². The summed E-state index contributed by atoms with van der Waals surface area (Å²) in [6.45, 7) is 4.14. The monoisotopic (exact) mass is 363 g/mol. The summed E-state index contributed by atoms with van der Waals surface area (Å²) in [4.78, 5) is -0.211. The number of allylic oxidation sites excluding steroid dienone is 1. The number of hydrogen-bond donors (Lipinski definition) is 4. The summed E-state index contributed by atoms with van der Waals surface area (Å²) < 4.78 is 32.7. The first kappa shape index (κ1) is 18.5. The molecule has 0 atom stereocenters. The van der Waals surface area contributed by atoms with Gasteiger partial charge in [-0.3, -0.25) is 4.55 Å². The largest absolute Gasteiger partial charge is 0.360 e. The van der Waals surface area contributed by atoms with E-state index in [4.69, 9.17) is 5.26 Å². The van der Waals surface area contributed by atoms with Gasteiger partial charge >= 0.3 is 0 Å². The maximum absolute atomic E-state index is 11.6. The molecule has 10 nitrogen and oxygen atoms in total. The van der Waals surface area contributed by atoms with Crippen molar-refractivity contribution in [1.82, 2.24) is 25.9 Å². The zero-order valence-corrected chi connectivity index (χ0v) is 14.4. The lowest BCUT2D eigenvalue weighted by atomic mass is 10.2. The molecular formula is C14H17N7O3S. The van der Waals surface area contributed by atoms with Crippen LogP contribution in [0.3, 0.4) is 0 Å². The summed E-state index contributed by atoms with van der Waals surface area (Å²) in [5.74, 6) is 0.0998. The van der Waals surface area contributed by atoms with Gasteiger partial charge in [-0.05, 0) is 22.9 Å². The van der Waals surface area contributed by atoms with Crippen molar-refractivity contribution in [3.8, 4) is 6.07 Å². The van der Waals surface area contributed by atoms with Crippen molar-refractivity contribution in [1.29, 1.82) is 5.26 Å². The third-order valence-corrected chi connectivity index (χ3v) is 4.07. The molecule has 25 heavy (non-hydrogen) atoms. The number of anilines is 1. The van der Waals surface area contributed by atoms with E-state index < -0.39 is 10.1 Å². The van der Waals surface area contributed by atoms with E-state index in [1.165, 1.54) is 12.3 Å². The number of aromatic nitrogens is 4. The molecule has 1 aromatic carbocycles. The number of rotatable bonds is 7. The predicted octanol–water partition coefficient (Wildman–Crippen LogP) is 0.921. The highest BCUT2D eigenvalue weighted by atomic mass is 32.2. The first-order valence-electron chi connectivity index (χ1n) is 7.25. The van der Waals surface area contributed by atoms with E-state index in [0.29, 0.717) is 11.3 Å². The Balaban J connectivity index is 2.29. The summed E-state index contributed by atoms with van der Waals surface area (Å²) in [6, 6.07) is 6.55. The zero-order valence-electron chi connectivity index (χ0n) is 13.6.